The molecule has 0 aromatic rings. The molecule has 0 aliphatic heterocycles. The van der Waals surface area contributed by atoms with Crippen molar-refractivity contribution in [3.05, 3.63) is 0 Å². The number of rotatable bonds is 3. The summed E-state index contributed by atoms with van der Waals surface area (Å²) in [6.07, 6.45) is 6.32. The third-order valence-corrected chi connectivity index (χ3v) is 3.61. The number of nitrogens with two attached hydrogens (primary N) is 1. The van der Waals surface area contributed by atoms with Crippen molar-refractivity contribution in [3.63, 3.8) is 0 Å². The topological polar surface area (TPSA) is 55.1 Å². The van der Waals surface area contributed by atoms with Gasteiger partial charge in [-0.1, -0.05) is 6.42 Å². The van der Waals surface area contributed by atoms with E-state index in [1.54, 1.807) is 0 Å². The lowest BCUT2D eigenvalue weighted by Gasteiger charge is -2.17. The Hall–Kier alpha value is -0.570. The van der Waals surface area contributed by atoms with E-state index in [1.165, 1.54) is 6.42 Å². The van der Waals surface area contributed by atoms with Crippen LogP contribution in [0.3, 0.4) is 0 Å². The van der Waals surface area contributed by atoms with E-state index >= 15 is 0 Å². The summed E-state index contributed by atoms with van der Waals surface area (Å²) in [5.41, 5.74) is 6.05. The summed E-state index contributed by atoms with van der Waals surface area (Å²) in [7, 11) is 0. The van der Waals surface area contributed by atoms with Gasteiger partial charge in [-0.05, 0) is 38.5 Å². The molecule has 0 spiro atoms. The maximum atomic E-state index is 11.6. The van der Waals surface area contributed by atoms with Gasteiger partial charge in [-0.2, -0.15) is 0 Å². The Bertz CT molecular complexity index is 235. The van der Waals surface area contributed by atoms with Gasteiger partial charge in [0.2, 0.25) is 5.91 Å². The van der Waals surface area contributed by atoms with Crippen LogP contribution < -0.4 is 11.1 Å². The van der Waals surface area contributed by atoms with Crippen LogP contribution in [-0.4, -0.2) is 17.5 Å². The van der Waals surface area contributed by atoms with Crippen molar-refractivity contribution in [2.24, 2.45) is 11.7 Å². The minimum Gasteiger partial charge on any atom is -0.351 e. The van der Waals surface area contributed by atoms with Gasteiger partial charge in [0.05, 0.1) is 0 Å². The molecule has 3 heteroatoms. The fraction of sp³-hybridized carbons (Fsp3) is 0.909. The number of nitrogens with one attached hydrogen (secondary N) is 1. The van der Waals surface area contributed by atoms with Gasteiger partial charge in [-0.25, -0.2) is 0 Å². The number of hydrogen-bond acceptors (Lipinski definition) is 2. The van der Waals surface area contributed by atoms with Crippen LogP contribution in [0.4, 0.5) is 0 Å². The van der Waals surface area contributed by atoms with E-state index in [0.29, 0.717) is 12.3 Å². The molecule has 2 unspecified atom stereocenters. The lowest BCUT2D eigenvalue weighted by Crippen LogP contribution is -2.37. The molecule has 0 bridgehead atoms. The van der Waals surface area contributed by atoms with Crippen molar-refractivity contribution in [1.29, 1.82) is 0 Å². The molecule has 2 aliphatic rings. The zero-order valence-electron chi connectivity index (χ0n) is 8.88. The Labute approximate surface area is 85.4 Å². The predicted molar refractivity (Wildman–Crippen MR) is 55.7 cm³/mol. The number of amides is 1. The molecule has 0 aromatic carbocycles. The van der Waals surface area contributed by atoms with Crippen molar-refractivity contribution in [2.75, 3.05) is 0 Å². The zero-order chi connectivity index (χ0) is 10.2. The molecular weight excluding hydrogens is 176 g/mol. The molecule has 3 nitrogen and oxygen atoms in total. The minimum atomic E-state index is 0.125. The first-order valence-corrected chi connectivity index (χ1v) is 5.66. The van der Waals surface area contributed by atoms with Gasteiger partial charge in [0.15, 0.2) is 0 Å². The molecule has 3 N–H and O–H groups in total. The Morgan fingerprint density at radius 3 is 2.71 bits per heavy atom. The monoisotopic (exact) mass is 196 g/mol. The molecule has 2 saturated carbocycles. The number of carbonyl (C=O) groups is 1. The van der Waals surface area contributed by atoms with Crippen LogP contribution in [0.1, 0.15) is 45.4 Å². The van der Waals surface area contributed by atoms with Crippen molar-refractivity contribution in [2.45, 2.75) is 57.0 Å². The van der Waals surface area contributed by atoms with Crippen molar-refractivity contribution >= 4 is 5.91 Å². The van der Waals surface area contributed by atoms with E-state index in [-0.39, 0.29) is 17.5 Å². The molecule has 0 saturated heterocycles. The molecule has 0 aromatic heterocycles. The van der Waals surface area contributed by atoms with Crippen molar-refractivity contribution < 1.29 is 4.79 Å². The Kier molecular flexibility index (Phi) is 2.52. The van der Waals surface area contributed by atoms with E-state index in [0.717, 1.165) is 25.7 Å². The van der Waals surface area contributed by atoms with Crippen LogP contribution in [0.2, 0.25) is 0 Å². The summed E-state index contributed by atoms with van der Waals surface area (Å²) in [6.45, 7) is 2.11. The third kappa shape index (κ3) is 2.27. The molecule has 2 aliphatic carbocycles. The van der Waals surface area contributed by atoms with Gasteiger partial charge >= 0.3 is 0 Å². The quantitative estimate of drug-likeness (QED) is 0.712. The first-order valence-electron chi connectivity index (χ1n) is 5.66. The summed E-state index contributed by atoms with van der Waals surface area (Å²) < 4.78 is 0. The highest BCUT2D eigenvalue weighted by Crippen LogP contribution is 2.35. The molecule has 14 heavy (non-hydrogen) atoms. The van der Waals surface area contributed by atoms with Gasteiger partial charge in [-0.15, -0.1) is 0 Å². The van der Waals surface area contributed by atoms with Crippen LogP contribution in [0.5, 0.6) is 0 Å². The smallest absolute Gasteiger partial charge is 0.220 e. The average molecular weight is 196 g/mol. The van der Waals surface area contributed by atoms with Crippen molar-refractivity contribution in [1.82, 2.24) is 5.32 Å². The zero-order valence-corrected chi connectivity index (χ0v) is 8.88. The first-order chi connectivity index (χ1) is 6.59. The molecule has 80 valence electrons. The van der Waals surface area contributed by atoms with E-state index in [9.17, 15) is 4.79 Å². The van der Waals surface area contributed by atoms with E-state index in [1.807, 2.05) is 0 Å². The molecule has 2 rings (SSSR count). The van der Waals surface area contributed by atoms with Gasteiger partial charge in [-0.3, -0.25) is 4.79 Å². The Morgan fingerprint density at radius 1 is 1.50 bits per heavy atom. The summed E-state index contributed by atoms with van der Waals surface area (Å²) >= 11 is 0. The third-order valence-electron chi connectivity index (χ3n) is 3.61. The first kappa shape index (κ1) is 9.97. The number of carbonyl (C=O) groups excluding carboxylic acids is 1. The Morgan fingerprint density at radius 2 is 2.21 bits per heavy atom. The van der Waals surface area contributed by atoms with Crippen LogP contribution in [0.25, 0.3) is 0 Å². The van der Waals surface area contributed by atoms with Gasteiger partial charge in [0.25, 0.3) is 0 Å². The maximum absolute atomic E-state index is 11.6. The highest BCUT2D eigenvalue weighted by Gasteiger charge is 2.39. The van der Waals surface area contributed by atoms with E-state index in [4.69, 9.17) is 5.73 Å². The van der Waals surface area contributed by atoms with E-state index in [2.05, 4.69) is 12.2 Å². The van der Waals surface area contributed by atoms with Crippen LogP contribution in [0.15, 0.2) is 0 Å². The van der Waals surface area contributed by atoms with Gasteiger partial charge in [0, 0.05) is 18.0 Å². The lowest BCUT2D eigenvalue weighted by atomic mass is 9.99. The summed E-state index contributed by atoms with van der Waals surface area (Å²) in [5, 5.41) is 3.08. The van der Waals surface area contributed by atoms with Crippen LogP contribution in [-0.2, 0) is 4.79 Å². The lowest BCUT2D eigenvalue weighted by molar-refractivity contribution is -0.122. The molecule has 0 heterocycles. The van der Waals surface area contributed by atoms with E-state index < -0.39 is 0 Å². The molecule has 0 radical (unpaired) electrons. The summed E-state index contributed by atoms with van der Waals surface area (Å²) in [5.74, 6) is 0.629. The standard InChI is InChI=1S/C11H20N2O/c1-11(5-6-11)13-10(14)7-8-3-2-4-9(8)12/h8-9H,2-7,12H2,1H3,(H,13,14). The highest BCUT2D eigenvalue weighted by molar-refractivity contribution is 5.77. The second-order valence-corrected chi connectivity index (χ2v) is 5.17. The second-order valence-electron chi connectivity index (χ2n) is 5.17. The van der Waals surface area contributed by atoms with Gasteiger partial charge < -0.3 is 11.1 Å². The number of hydrogen-bond donors (Lipinski definition) is 2. The SMILES string of the molecule is CC1(NC(=O)CC2CCCC2N)CC1. The molecule has 2 fully saturated rings. The minimum absolute atomic E-state index is 0.125. The van der Waals surface area contributed by atoms with Crippen LogP contribution >= 0.6 is 0 Å². The Balaban J connectivity index is 1.76. The van der Waals surface area contributed by atoms with Crippen molar-refractivity contribution in [3.8, 4) is 0 Å². The van der Waals surface area contributed by atoms with Crippen LogP contribution in [0, 0.1) is 5.92 Å². The summed E-state index contributed by atoms with van der Waals surface area (Å²) in [4.78, 5) is 11.6. The fourth-order valence-electron chi connectivity index (χ4n) is 2.26. The van der Waals surface area contributed by atoms with Gasteiger partial charge in [0.1, 0.15) is 0 Å². The predicted octanol–water partition coefficient (Wildman–Crippen LogP) is 1.17. The summed E-state index contributed by atoms with van der Waals surface area (Å²) in [6, 6.07) is 0.257. The molecule has 1 amide bonds. The average Bonchev–Trinajstić information content (AvgIpc) is 2.67. The highest BCUT2D eigenvalue weighted by atomic mass is 16.1. The fourth-order valence-corrected chi connectivity index (χ4v) is 2.26. The maximum Gasteiger partial charge on any atom is 0.220 e. The normalized spacial score (nSPS) is 34.1. The second kappa shape index (κ2) is 3.54. The molecular formula is C11H20N2O. The molecule has 2 atom stereocenters. The largest absolute Gasteiger partial charge is 0.351 e.